The zero-order valence-electron chi connectivity index (χ0n) is 21.5. The van der Waals surface area contributed by atoms with Gasteiger partial charge >= 0.3 is 0 Å². The fourth-order valence-corrected chi connectivity index (χ4v) is 6.08. The second-order valence-corrected chi connectivity index (χ2v) is 10.4. The molecule has 2 N–H and O–H groups in total. The Morgan fingerprint density at radius 1 is 1.24 bits per heavy atom. The monoisotopic (exact) mass is 503 g/mol. The average molecular weight is 504 g/mol. The van der Waals surface area contributed by atoms with E-state index in [1.165, 1.54) is 25.7 Å². The number of morpholine rings is 1. The number of nitriles is 1. The largest absolute Gasteiger partial charge is 0.378 e. The summed E-state index contributed by atoms with van der Waals surface area (Å²) >= 11 is 0. The Kier molecular flexibility index (Phi) is 8.46. The molecule has 9 nitrogen and oxygen atoms in total. The number of allylic oxidation sites excluding steroid dienone is 1. The van der Waals surface area contributed by atoms with Crippen molar-refractivity contribution >= 4 is 28.3 Å². The van der Waals surface area contributed by atoms with Crippen LogP contribution in [0.15, 0.2) is 29.7 Å². The lowest BCUT2D eigenvalue weighted by Crippen LogP contribution is -2.42. The van der Waals surface area contributed by atoms with Crippen molar-refractivity contribution in [3.8, 4) is 6.07 Å². The van der Waals surface area contributed by atoms with E-state index >= 15 is 0 Å². The van der Waals surface area contributed by atoms with Gasteiger partial charge in [0.15, 0.2) is 0 Å². The molecule has 0 radical (unpaired) electrons. The van der Waals surface area contributed by atoms with E-state index in [0.717, 1.165) is 41.0 Å². The summed E-state index contributed by atoms with van der Waals surface area (Å²) in [5.41, 5.74) is 2.61. The van der Waals surface area contributed by atoms with Gasteiger partial charge in [0.25, 0.3) is 0 Å². The first kappa shape index (κ1) is 25.4. The number of aromatic nitrogens is 3. The highest BCUT2D eigenvalue weighted by Crippen LogP contribution is 2.38. The molecule has 37 heavy (non-hydrogen) atoms. The minimum absolute atomic E-state index is 0.138. The van der Waals surface area contributed by atoms with Gasteiger partial charge in [-0.3, -0.25) is 9.79 Å². The number of rotatable bonds is 8. The van der Waals surface area contributed by atoms with Crippen LogP contribution in [0.5, 0.6) is 0 Å². The summed E-state index contributed by atoms with van der Waals surface area (Å²) < 4.78 is 5.37. The van der Waals surface area contributed by atoms with Gasteiger partial charge in [-0.2, -0.15) is 5.26 Å². The number of carbonyl (C=O) groups is 1. The van der Waals surface area contributed by atoms with Gasteiger partial charge in [-0.25, -0.2) is 9.97 Å². The van der Waals surface area contributed by atoms with E-state index in [-0.39, 0.29) is 5.91 Å². The highest BCUT2D eigenvalue weighted by atomic mass is 16.5. The summed E-state index contributed by atoms with van der Waals surface area (Å²) in [5, 5.41) is 14.0. The maximum Gasteiger partial charge on any atom is 0.224 e. The third kappa shape index (κ3) is 6.19. The van der Waals surface area contributed by atoms with Gasteiger partial charge in [-0.1, -0.05) is 31.8 Å². The molecule has 1 amide bonds. The van der Waals surface area contributed by atoms with E-state index in [0.29, 0.717) is 70.0 Å². The predicted molar refractivity (Wildman–Crippen MR) is 143 cm³/mol. The standard InChI is InChI=1S/C28H37N7O2/c29-9-5-22(21-3-1-2-4-21)17-20-6-10-30-28(32-12-8-25(36)35-13-15-37-16-14-35)24(18-20)26-23-7-11-31-27(23)34-19-33-26/h7,11,18-22H,1-6,8,10,12-17H2,(H,30,32)(H,31,33,34). The second-order valence-electron chi connectivity index (χ2n) is 10.4. The SMILES string of the molecule is N#CCC(CC1C=C(c2ncnc3[nH]ccc23)C(NCCC(=O)N2CCOCC2)=NCC1)C1CCCC1. The molecule has 2 unspecified atom stereocenters. The van der Waals surface area contributed by atoms with Crippen LogP contribution in [-0.2, 0) is 9.53 Å². The third-order valence-corrected chi connectivity index (χ3v) is 8.06. The second kappa shape index (κ2) is 12.3. The first-order valence-corrected chi connectivity index (χ1v) is 13.7. The van der Waals surface area contributed by atoms with E-state index in [1.54, 1.807) is 6.33 Å². The minimum Gasteiger partial charge on any atom is -0.378 e. The van der Waals surface area contributed by atoms with Crippen LogP contribution in [0.2, 0.25) is 0 Å². The fraction of sp³-hybridized carbons (Fsp3) is 0.607. The maximum atomic E-state index is 12.7. The number of fused-ring (bicyclic) bond motifs is 1. The normalized spacial score (nSPS) is 21.7. The van der Waals surface area contributed by atoms with Crippen molar-refractivity contribution in [1.82, 2.24) is 25.2 Å². The number of ether oxygens (including phenoxy) is 1. The Balaban J connectivity index is 1.36. The Morgan fingerprint density at radius 3 is 2.89 bits per heavy atom. The molecule has 0 aromatic carbocycles. The summed E-state index contributed by atoms with van der Waals surface area (Å²) in [7, 11) is 0. The molecule has 1 saturated carbocycles. The van der Waals surface area contributed by atoms with Crippen molar-refractivity contribution < 1.29 is 9.53 Å². The lowest BCUT2D eigenvalue weighted by atomic mass is 9.80. The maximum absolute atomic E-state index is 12.7. The Hall–Kier alpha value is -3.25. The molecule has 4 heterocycles. The van der Waals surface area contributed by atoms with Gasteiger partial charge in [-0.05, 0) is 36.7 Å². The number of H-pyrrole nitrogens is 1. The zero-order chi connectivity index (χ0) is 25.5. The van der Waals surface area contributed by atoms with Gasteiger partial charge in [0.05, 0.1) is 25.0 Å². The van der Waals surface area contributed by atoms with Crippen LogP contribution in [0.4, 0.5) is 0 Å². The summed E-state index contributed by atoms with van der Waals surface area (Å²) in [4.78, 5) is 31.7. The third-order valence-electron chi connectivity index (χ3n) is 8.06. The molecule has 2 atom stereocenters. The van der Waals surface area contributed by atoms with E-state index in [1.807, 2.05) is 17.2 Å². The van der Waals surface area contributed by atoms with Crippen molar-refractivity contribution in [2.75, 3.05) is 39.4 Å². The van der Waals surface area contributed by atoms with E-state index in [9.17, 15) is 10.1 Å². The quantitative estimate of drug-likeness (QED) is 0.567. The molecular weight excluding hydrogens is 466 g/mol. The molecule has 1 saturated heterocycles. The predicted octanol–water partition coefficient (Wildman–Crippen LogP) is 3.71. The molecule has 3 aliphatic rings. The summed E-state index contributed by atoms with van der Waals surface area (Å²) in [5.74, 6) is 2.32. The van der Waals surface area contributed by atoms with Gasteiger partial charge in [0.1, 0.15) is 17.8 Å². The molecule has 5 rings (SSSR count). The van der Waals surface area contributed by atoms with Crippen LogP contribution >= 0.6 is 0 Å². The highest BCUT2D eigenvalue weighted by Gasteiger charge is 2.29. The number of hydrogen-bond donors (Lipinski definition) is 2. The summed E-state index contributed by atoms with van der Waals surface area (Å²) in [6, 6.07) is 4.46. The van der Waals surface area contributed by atoms with Gasteiger partial charge in [-0.15, -0.1) is 0 Å². The summed E-state index contributed by atoms with van der Waals surface area (Å²) in [6.45, 7) is 3.74. The van der Waals surface area contributed by atoms with Gasteiger partial charge < -0.3 is 19.9 Å². The lowest BCUT2D eigenvalue weighted by Gasteiger charge is -2.27. The minimum atomic E-state index is 0.138. The Bertz CT molecular complexity index is 1170. The number of carbonyl (C=O) groups excluding carboxylic acids is 1. The highest BCUT2D eigenvalue weighted by molar-refractivity contribution is 6.24. The first-order valence-electron chi connectivity index (χ1n) is 13.7. The number of aliphatic imine (C=N–C) groups is 1. The molecule has 9 heteroatoms. The van der Waals surface area contributed by atoms with Crippen LogP contribution in [-0.4, -0.2) is 71.0 Å². The van der Waals surface area contributed by atoms with Crippen LogP contribution in [0.25, 0.3) is 16.6 Å². The van der Waals surface area contributed by atoms with Crippen molar-refractivity contribution in [3.63, 3.8) is 0 Å². The van der Waals surface area contributed by atoms with Crippen LogP contribution in [0.1, 0.15) is 57.1 Å². The number of hydrogen-bond acceptors (Lipinski definition) is 7. The van der Waals surface area contributed by atoms with Crippen LogP contribution in [0, 0.1) is 29.1 Å². The van der Waals surface area contributed by atoms with Crippen LogP contribution < -0.4 is 5.32 Å². The van der Waals surface area contributed by atoms with Crippen molar-refractivity contribution in [3.05, 3.63) is 30.4 Å². The molecule has 2 aliphatic heterocycles. The Labute approximate surface area is 218 Å². The number of amides is 1. The van der Waals surface area contributed by atoms with Gasteiger partial charge in [0.2, 0.25) is 5.91 Å². The van der Waals surface area contributed by atoms with E-state index < -0.39 is 0 Å². The van der Waals surface area contributed by atoms with Crippen molar-refractivity contribution in [2.45, 2.75) is 51.4 Å². The number of nitrogens with zero attached hydrogens (tertiary/aromatic N) is 5. The van der Waals surface area contributed by atoms with Crippen molar-refractivity contribution in [1.29, 1.82) is 5.26 Å². The molecule has 2 aromatic rings. The topological polar surface area (TPSA) is 119 Å². The molecule has 1 aliphatic carbocycles. The van der Waals surface area contributed by atoms with Gasteiger partial charge in [0, 0.05) is 56.2 Å². The average Bonchev–Trinajstić information content (AvgIpc) is 3.60. The number of amidine groups is 1. The first-order chi connectivity index (χ1) is 18.2. The zero-order valence-corrected chi connectivity index (χ0v) is 21.5. The van der Waals surface area contributed by atoms with Crippen LogP contribution in [0.3, 0.4) is 0 Å². The molecule has 196 valence electrons. The smallest absolute Gasteiger partial charge is 0.224 e. The lowest BCUT2D eigenvalue weighted by molar-refractivity contribution is -0.135. The number of nitrogens with one attached hydrogen (secondary N) is 2. The van der Waals surface area contributed by atoms with E-state index in [2.05, 4.69) is 32.4 Å². The number of aromatic amines is 1. The molecule has 2 aromatic heterocycles. The molecule has 0 spiro atoms. The van der Waals surface area contributed by atoms with Crippen molar-refractivity contribution in [2.24, 2.45) is 22.7 Å². The summed E-state index contributed by atoms with van der Waals surface area (Å²) in [6.07, 6.45) is 13.8. The fourth-order valence-electron chi connectivity index (χ4n) is 6.08. The molecular formula is C28H37N7O2. The molecule has 0 bridgehead atoms. The Morgan fingerprint density at radius 2 is 2.08 bits per heavy atom. The van der Waals surface area contributed by atoms with E-state index in [4.69, 9.17) is 9.73 Å². The molecule has 2 fully saturated rings.